The Labute approximate surface area is 225 Å². The zero-order valence-corrected chi connectivity index (χ0v) is 22.0. The van der Waals surface area contributed by atoms with Crippen molar-refractivity contribution < 1.29 is 22.7 Å². The number of hydrogen-bond donors (Lipinski definition) is 0. The molecule has 3 aromatic rings. The van der Waals surface area contributed by atoms with Crippen molar-refractivity contribution >= 4 is 34.6 Å². The second-order valence-corrected chi connectivity index (χ2v) is 9.85. The van der Waals surface area contributed by atoms with Crippen LogP contribution >= 0.6 is 12.2 Å². The van der Waals surface area contributed by atoms with Gasteiger partial charge in [0.1, 0.15) is 11.3 Å². The Bertz CT molecular complexity index is 1410. The first-order valence-corrected chi connectivity index (χ1v) is 12.4. The summed E-state index contributed by atoms with van der Waals surface area (Å²) < 4.78 is 47.0. The molecule has 0 aliphatic carbocycles. The fourth-order valence-electron chi connectivity index (χ4n) is 4.47. The van der Waals surface area contributed by atoms with Crippen LogP contribution in [0.4, 0.5) is 24.5 Å². The zero-order valence-electron chi connectivity index (χ0n) is 21.2. The number of benzene rings is 3. The summed E-state index contributed by atoms with van der Waals surface area (Å²) in [7, 11) is 0. The van der Waals surface area contributed by atoms with Gasteiger partial charge in [0.15, 0.2) is 10.8 Å². The Balaban J connectivity index is 1.45. The predicted octanol–water partition coefficient (Wildman–Crippen LogP) is 7.41. The molecule has 0 aromatic heterocycles. The number of carbonyl (C=O) groups is 1. The van der Waals surface area contributed by atoms with Crippen LogP contribution in [-0.4, -0.2) is 34.6 Å². The lowest BCUT2D eigenvalue weighted by Crippen LogP contribution is -2.44. The molecule has 0 spiro atoms. The second kappa shape index (κ2) is 10.5. The Morgan fingerprint density at radius 3 is 2.39 bits per heavy atom. The van der Waals surface area contributed by atoms with Crippen LogP contribution in [0, 0.1) is 13.5 Å². The van der Waals surface area contributed by atoms with Gasteiger partial charge in [-0.3, -0.25) is 9.69 Å². The van der Waals surface area contributed by atoms with Crippen molar-refractivity contribution in [1.82, 2.24) is 4.90 Å². The summed E-state index contributed by atoms with van der Waals surface area (Å²) in [5, 5.41) is 0.335. The van der Waals surface area contributed by atoms with Gasteiger partial charge in [0.2, 0.25) is 0 Å². The lowest BCUT2D eigenvalue weighted by atomic mass is 9.99. The van der Waals surface area contributed by atoms with Crippen molar-refractivity contribution in [2.24, 2.45) is 0 Å². The minimum atomic E-state index is -4.54. The number of ether oxygens (including phenoxy) is 1. The van der Waals surface area contributed by atoms with E-state index in [9.17, 15) is 18.0 Å². The maximum atomic E-state index is 13.8. The summed E-state index contributed by atoms with van der Waals surface area (Å²) in [5.41, 5.74) is 0.736. The number of rotatable bonds is 7. The average molecular weight is 538 g/mol. The number of thiocarbonyl (C=S) groups is 1. The molecule has 1 fully saturated rings. The Hall–Kier alpha value is -3.90. The third kappa shape index (κ3) is 5.22. The van der Waals surface area contributed by atoms with Crippen molar-refractivity contribution in [2.75, 3.05) is 18.1 Å². The molecule has 196 valence electrons. The number of carbonyl (C=O) groups excluding carboxylic acids is 1. The Kier molecular flexibility index (Phi) is 7.47. The normalized spacial score (nSPS) is 15.1. The van der Waals surface area contributed by atoms with Crippen molar-refractivity contribution in [3.05, 3.63) is 89.3 Å². The molecule has 1 heterocycles. The standard InChI is InChI=1S/C29H26F3N3O2S/c1-19-17-21(11-14-25(19)33-4)35-26(36)28(2,3)34(27(35)38)15-8-16-37-22-12-13-23(20-9-6-5-7-10-20)24(18-22)29(30,31)32/h5-7,9-14,17-18H,8,15-16H2,1-3H3. The molecule has 38 heavy (non-hydrogen) atoms. The lowest BCUT2D eigenvalue weighted by Gasteiger charge is -2.29. The fourth-order valence-corrected chi connectivity index (χ4v) is 4.98. The molecule has 0 bridgehead atoms. The summed E-state index contributed by atoms with van der Waals surface area (Å²) in [6.45, 7) is 13.1. The van der Waals surface area contributed by atoms with Crippen LogP contribution in [-0.2, 0) is 11.0 Å². The van der Waals surface area contributed by atoms with E-state index >= 15 is 0 Å². The van der Waals surface area contributed by atoms with Crippen LogP contribution < -0.4 is 9.64 Å². The van der Waals surface area contributed by atoms with E-state index in [2.05, 4.69) is 4.85 Å². The molecule has 4 rings (SSSR count). The largest absolute Gasteiger partial charge is 0.494 e. The summed E-state index contributed by atoms with van der Waals surface area (Å²) in [4.78, 5) is 20.0. The first-order chi connectivity index (χ1) is 17.9. The van der Waals surface area contributed by atoms with Gasteiger partial charge in [-0.15, -0.1) is 0 Å². The number of nitrogens with zero attached hydrogens (tertiary/aromatic N) is 3. The van der Waals surface area contributed by atoms with Crippen LogP contribution in [0.15, 0.2) is 66.7 Å². The molecule has 1 aliphatic rings. The molecule has 0 radical (unpaired) electrons. The number of halogens is 3. The van der Waals surface area contributed by atoms with E-state index in [1.54, 1.807) is 74.2 Å². The number of anilines is 1. The molecule has 0 saturated carbocycles. The van der Waals surface area contributed by atoms with Crippen LogP contribution in [0.1, 0.15) is 31.4 Å². The molecular formula is C29H26F3N3O2S. The maximum absolute atomic E-state index is 13.8. The van der Waals surface area contributed by atoms with Gasteiger partial charge in [0, 0.05) is 12.2 Å². The van der Waals surface area contributed by atoms with Crippen molar-refractivity contribution in [3.8, 4) is 16.9 Å². The minimum Gasteiger partial charge on any atom is -0.494 e. The lowest BCUT2D eigenvalue weighted by molar-refractivity contribution is -0.137. The van der Waals surface area contributed by atoms with Crippen molar-refractivity contribution in [3.63, 3.8) is 0 Å². The molecule has 1 saturated heterocycles. The summed E-state index contributed by atoms with van der Waals surface area (Å²) in [5.74, 6) is -0.0713. The number of hydrogen-bond acceptors (Lipinski definition) is 3. The summed E-state index contributed by atoms with van der Waals surface area (Å²) in [6.07, 6.45) is -4.10. The number of alkyl halides is 3. The number of aryl methyl sites for hydroxylation is 1. The van der Waals surface area contributed by atoms with Crippen LogP contribution in [0.2, 0.25) is 0 Å². The molecule has 0 atom stereocenters. The van der Waals surface area contributed by atoms with Gasteiger partial charge in [0.25, 0.3) is 5.91 Å². The van der Waals surface area contributed by atoms with Gasteiger partial charge in [-0.1, -0.05) is 42.5 Å². The molecule has 1 aliphatic heterocycles. The molecule has 9 heteroatoms. The summed E-state index contributed by atoms with van der Waals surface area (Å²) >= 11 is 5.64. The maximum Gasteiger partial charge on any atom is 0.417 e. The molecule has 0 N–H and O–H groups in total. The van der Waals surface area contributed by atoms with E-state index in [-0.39, 0.29) is 23.8 Å². The van der Waals surface area contributed by atoms with Crippen LogP contribution in [0.25, 0.3) is 16.0 Å². The average Bonchev–Trinajstić information content (AvgIpc) is 3.05. The quantitative estimate of drug-likeness (QED) is 0.179. The first kappa shape index (κ1) is 27.1. The molecule has 3 aromatic carbocycles. The van der Waals surface area contributed by atoms with E-state index < -0.39 is 17.3 Å². The second-order valence-electron chi connectivity index (χ2n) is 9.49. The predicted molar refractivity (Wildman–Crippen MR) is 145 cm³/mol. The fraction of sp³-hybridized carbons (Fsp3) is 0.276. The van der Waals surface area contributed by atoms with E-state index in [0.29, 0.717) is 35.0 Å². The van der Waals surface area contributed by atoms with Gasteiger partial charge in [0.05, 0.1) is 18.7 Å². The van der Waals surface area contributed by atoms with Crippen LogP contribution in [0.5, 0.6) is 5.75 Å². The van der Waals surface area contributed by atoms with Gasteiger partial charge < -0.3 is 9.64 Å². The van der Waals surface area contributed by atoms with Crippen molar-refractivity contribution in [1.29, 1.82) is 0 Å². The third-order valence-corrected chi connectivity index (χ3v) is 6.96. The SMILES string of the molecule is [C-]#[N+]c1ccc(N2C(=O)C(C)(C)N(CCCOc3ccc(-c4ccccc4)c(C(F)(F)F)c3)C2=S)cc1C. The summed E-state index contributed by atoms with van der Waals surface area (Å²) in [6, 6.07) is 17.5. The highest BCUT2D eigenvalue weighted by Gasteiger charge is 2.49. The van der Waals surface area contributed by atoms with Gasteiger partial charge in [-0.2, -0.15) is 13.2 Å². The molecule has 5 nitrogen and oxygen atoms in total. The van der Waals surface area contributed by atoms with Crippen molar-refractivity contribution in [2.45, 2.75) is 38.9 Å². The third-order valence-electron chi connectivity index (χ3n) is 6.56. The van der Waals surface area contributed by atoms with Gasteiger partial charge >= 0.3 is 6.18 Å². The molecule has 1 amide bonds. The highest BCUT2D eigenvalue weighted by atomic mass is 32.1. The zero-order chi connectivity index (χ0) is 27.7. The van der Waals surface area contributed by atoms with Gasteiger partial charge in [-0.05, 0) is 80.4 Å². The molecular weight excluding hydrogens is 511 g/mol. The van der Waals surface area contributed by atoms with Gasteiger partial charge in [-0.25, -0.2) is 4.85 Å². The highest BCUT2D eigenvalue weighted by Crippen LogP contribution is 2.39. The highest BCUT2D eigenvalue weighted by molar-refractivity contribution is 7.80. The van der Waals surface area contributed by atoms with E-state index in [1.165, 1.54) is 17.0 Å². The first-order valence-electron chi connectivity index (χ1n) is 12.0. The monoisotopic (exact) mass is 537 g/mol. The molecule has 0 unspecified atom stereocenters. The van der Waals surface area contributed by atoms with E-state index in [1.807, 2.05) is 0 Å². The number of amides is 1. The topological polar surface area (TPSA) is 37.1 Å². The van der Waals surface area contributed by atoms with E-state index in [0.717, 1.165) is 11.6 Å². The Morgan fingerprint density at radius 2 is 1.76 bits per heavy atom. The Morgan fingerprint density at radius 1 is 1.05 bits per heavy atom. The minimum absolute atomic E-state index is 0.0906. The van der Waals surface area contributed by atoms with E-state index in [4.69, 9.17) is 23.5 Å². The van der Waals surface area contributed by atoms with Crippen LogP contribution in [0.3, 0.4) is 0 Å². The smallest absolute Gasteiger partial charge is 0.417 e.